The Morgan fingerprint density at radius 1 is 1.32 bits per heavy atom. The first-order chi connectivity index (χ1) is 10.8. The molecule has 0 radical (unpaired) electrons. The SMILES string of the molecule is CCCc1cc(NC2CCNC2)n2nc(C3CCC3)cc2n1. The van der Waals surface area contributed by atoms with Gasteiger partial charge in [0.15, 0.2) is 5.65 Å². The van der Waals surface area contributed by atoms with E-state index in [-0.39, 0.29) is 0 Å². The molecule has 1 atom stereocenters. The summed E-state index contributed by atoms with van der Waals surface area (Å²) in [7, 11) is 0. The third kappa shape index (κ3) is 2.58. The van der Waals surface area contributed by atoms with E-state index >= 15 is 0 Å². The van der Waals surface area contributed by atoms with Gasteiger partial charge < -0.3 is 10.6 Å². The number of fused-ring (bicyclic) bond motifs is 1. The highest BCUT2D eigenvalue weighted by molar-refractivity contribution is 5.51. The Morgan fingerprint density at radius 3 is 2.91 bits per heavy atom. The summed E-state index contributed by atoms with van der Waals surface area (Å²) in [6.45, 7) is 4.33. The zero-order chi connectivity index (χ0) is 14.9. The lowest BCUT2D eigenvalue weighted by atomic mass is 9.83. The van der Waals surface area contributed by atoms with Gasteiger partial charge in [0.25, 0.3) is 0 Å². The van der Waals surface area contributed by atoms with Crippen LogP contribution in [-0.2, 0) is 6.42 Å². The number of aromatic nitrogens is 3. The van der Waals surface area contributed by atoms with Gasteiger partial charge in [0, 0.05) is 36.3 Å². The normalized spacial score (nSPS) is 22.1. The predicted molar refractivity (Wildman–Crippen MR) is 88.5 cm³/mol. The van der Waals surface area contributed by atoms with Crippen LogP contribution in [0.5, 0.6) is 0 Å². The highest BCUT2D eigenvalue weighted by atomic mass is 15.3. The van der Waals surface area contributed by atoms with Crippen LogP contribution in [-0.4, -0.2) is 33.7 Å². The first-order valence-electron chi connectivity index (χ1n) is 8.70. The zero-order valence-corrected chi connectivity index (χ0v) is 13.3. The number of hydrogen-bond donors (Lipinski definition) is 2. The molecule has 1 saturated carbocycles. The van der Waals surface area contributed by atoms with E-state index in [0.717, 1.165) is 37.4 Å². The number of anilines is 1. The average Bonchev–Trinajstić information content (AvgIpc) is 3.06. The molecule has 2 aliphatic rings. The van der Waals surface area contributed by atoms with Gasteiger partial charge in [-0.15, -0.1) is 0 Å². The summed E-state index contributed by atoms with van der Waals surface area (Å²) >= 11 is 0. The topological polar surface area (TPSA) is 54.2 Å². The molecule has 0 aromatic carbocycles. The summed E-state index contributed by atoms with van der Waals surface area (Å²) in [5.74, 6) is 1.75. The Labute approximate surface area is 131 Å². The van der Waals surface area contributed by atoms with E-state index in [2.05, 4.69) is 29.7 Å². The van der Waals surface area contributed by atoms with Crippen LogP contribution in [0.2, 0.25) is 0 Å². The molecule has 0 bridgehead atoms. The van der Waals surface area contributed by atoms with Gasteiger partial charge in [-0.1, -0.05) is 19.8 Å². The molecule has 2 N–H and O–H groups in total. The standard InChI is InChI=1S/C17H25N5/c1-2-4-13-9-16(20-14-7-8-18-11-14)22-17(19-13)10-15(21-22)12-5-3-6-12/h9-10,12,14,18,20H,2-8,11H2,1H3. The van der Waals surface area contributed by atoms with Crippen molar-refractivity contribution in [2.75, 3.05) is 18.4 Å². The van der Waals surface area contributed by atoms with E-state index < -0.39 is 0 Å². The molecule has 2 aromatic heterocycles. The maximum Gasteiger partial charge on any atom is 0.157 e. The Hall–Kier alpha value is -1.62. The van der Waals surface area contributed by atoms with Crippen molar-refractivity contribution >= 4 is 11.5 Å². The van der Waals surface area contributed by atoms with Crippen molar-refractivity contribution in [2.45, 2.75) is 57.4 Å². The molecular weight excluding hydrogens is 274 g/mol. The lowest BCUT2D eigenvalue weighted by Crippen LogP contribution is -2.24. The average molecular weight is 299 g/mol. The summed E-state index contributed by atoms with van der Waals surface area (Å²) in [6.07, 6.45) is 7.22. The fraction of sp³-hybridized carbons (Fsp3) is 0.647. The van der Waals surface area contributed by atoms with Gasteiger partial charge in [-0.2, -0.15) is 9.61 Å². The first kappa shape index (κ1) is 14.0. The second-order valence-corrected chi connectivity index (χ2v) is 6.68. The van der Waals surface area contributed by atoms with Crippen LogP contribution < -0.4 is 10.6 Å². The second-order valence-electron chi connectivity index (χ2n) is 6.68. The molecule has 1 aliphatic heterocycles. The molecule has 0 spiro atoms. The Balaban J connectivity index is 1.71. The fourth-order valence-corrected chi connectivity index (χ4v) is 3.42. The molecule has 22 heavy (non-hydrogen) atoms. The maximum atomic E-state index is 4.85. The summed E-state index contributed by atoms with van der Waals surface area (Å²) in [6, 6.07) is 4.88. The molecule has 1 saturated heterocycles. The van der Waals surface area contributed by atoms with Crippen molar-refractivity contribution < 1.29 is 0 Å². The summed E-state index contributed by atoms with van der Waals surface area (Å²) in [5, 5.41) is 11.9. The van der Waals surface area contributed by atoms with Gasteiger partial charge in [0.2, 0.25) is 0 Å². The lowest BCUT2D eigenvalue weighted by molar-refractivity contribution is 0.409. The summed E-state index contributed by atoms with van der Waals surface area (Å²) < 4.78 is 2.02. The third-order valence-electron chi connectivity index (χ3n) is 4.94. The molecule has 1 unspecified atom stereocenters. The smallest absolute Gasteiger partial charge is 0.157 e. The number of hydrogen-bond acceptors (Lipinski definition) is 4. The van der Waals surface area contributed by atoms with E-state index in [0.29, 0.717) is 12.0 Å². The van der Waals surface area contributed by atoms with Crippen molar-refractivity contribution in [1.29, 1.82) is 0 Å². The fourth-order valence-electron chi connectivity index (χ4n) is 3.42. The second kappa shape index (κ2) is 5.88. The van der Waals surface area contributed by atoms with Gasteiger partial charge in [-0.3, -0.25) is 0 Å². The minimum Gasteiger partial charge on any atom is -0.366 e. The van der Waals surface area contributed by atoms with E-state index in [1.165, 1.54) is 37.1 Å². The predicted octanol–water partition coefficient (Wildman–Crippen LogP) is 2.72. The third-order valence-corrected chi connectivity index (χ3v) is 4.94. The largest absolute Gasteiger partial charge is 0.366 e. The number of aryl methyl sites for hydroxylation is 1. The molecule has 5 heteroatoms. The number of nitrogens with one attached hydrogen (secondary N) is 2. The van der Waals surface area contributed by atoms with Crippen molar-refractivity contribution in [1.82, 2.24) is 19.9 Å². The quantitative estimate of drug-likeness (QED) is 0.891. The molecule has 2 aromatic rings. The number of nitrogens with zero attached hydrogens (tertiary/aromatic N) is 3. The minimum absolute atomic E-state index is 0.497. The van der Waals surface area contributed by atoms with E-state index in [1.807, 2.05) is 4.52 Å². The van der Waals surface area contributed by atoms with E-state index in [9.17, 15) is 0 Å². The monoisotopic (exact) mass is 299 g/mol. The molecule has 118 valence electrons. The van der Waals surface area contributed by atoms with Crippen molar-refractivity contribution in [3.63, 3.8) is 0 Å². The molecule has 0 amide bonds. The van der Waals surface area contributed by atoms with Crippen LogP contribution in [0.25, 0.3) is 5.65 Å². The van der Waals surface area contributed by atoms with Crippen molar-refractivity contribution in [2.24, 2.45) is 0 Å². The van der Waals surface area contributed by atoms with Gasteiger partial charge in [0.1, 0.15) is 5.82 Å². The highest BCUT2D eigenvalue weighted by Gasteiger charge is 2.24. The minimum atomic E-state index is 0.497. The highest BCUT2D eigenvalue weighted by Crippen LogP contribution is 2.36. The van der Waals surface area contributed by atoms with Crippen LogP contribution in [0.3, 0.4) is 0 Å². The molecule has 5 nitrogen and oxygen atoms in total. The molecule has 4 rings (SSSR count). The van der Waals surface area contributed by atoms with Gasteiger partial charge in [-0.05, 0) is 32.2 Å². The van der Waals surface area contributed by atoms with Gasteiger partial charge in [0.05, 0.1) is 5.69 Å². The van der Waals surface area contributed by atoms with Crippen LogP contribution in [0.1, 0.15) is 56.3 Å². The first-order valence-corrected chi connectivity index (χ1v) is 8.70. The van der Waals surface area contributed by atoms with E-state index in [1.54, 1.807) is 0 Å². The number of rotatable bonds is 5. The lowest BCUT2D eigenvalue weighted by Gasteiger charge is -2.22. The summed E-state index contributed by atoms with van der Waals surface area (Å²) in [5.41, 5.74) is 3.39. The zero-order valence-electron chi connectivity index (χ0n) is 13.3. The molecule has 1 aliphatic carbocycles. The van der Waals surface area contributed by atoms with Gasteiger partial charge in [-0.25, -0.2) is 4.98 Å². The van der Waals surface area contributed by atoms with Crippen LogP contribution >= 0.6 is 0 Å². The molecule has 2 fully saturated rings. The molecule has 3 heterocycles. The Kier molecular flexibility index (Phi) is 3.74. The maximum absolute atomic E-state index is 4.85. The van der Waals surface area contributed by atoms with Crippen molar-refractivity contribution in [3.8, 4) is 0 Å². The van der Waals surface area contributed by atoms with Gasteiger partial charge >= 0.3 is 0 Å². The van der Waals surface area contributed by atoms with Crippen molar-refractivity contribution in [3.05, 3.63) is 23.5 Å². The molecular formula is C17H25N5. The van der Waals surface area contributed by atoms with Crippen LogP contribution in [0.15, 0.2) is 12.1 Å². The van der Waals surface area contributed by atoms with Crippen LogP contribution in [0.4, 0.5) is 5.82 Å². The summed E-state index contributed by atoms with van der Waals surface area (Å²) in [4.78, 5) is 4.81. The van der Waals surface area contributed by atoms with Crippen LogP contribution in [0, 0.1) is 0 Å². The Bertz CT molecular complexity index is 652. The van der Waals surface area contributed by atoms with E-state index in [4.69, 9.17) is 10.1 Å². The Morgan fingerprint density at radius 2 is 2.23 bits per heavy atom.